The average Bonchev–Trinajstić information content (AvgIpc) is 3.12. The van der Waals surface area contributed by atoms with Gasteiger partial charge in [0.05, 0.1) is 13.1 Å². The van der Waals surface area contributed by atoms with Gasteiger partial charge in [-0.05, 0) is 41.5 Å². The summed E-state index contributed by atoms with van der Waals surface area (Å²) in [5, 5.41) is 10.5. The van der Waals surface area contributed by atoms with Crippen LogP contribution >= 0.6 is 0 Å². The Morgan fingerprint density at radius 3 is 2.74 bits per heavy atom. The Labute approximate surface area is 156 Å². The van der Waals surface area contributed by atoms with E-state index in [1.807, 2.05) is 0 Å². The van der Waals surface area contributed by atoms with Crippen molar-refractivity contribution >= 4 is 22.1 Å². The van der Waals surface area contributed by atoms with Crippen molar-refractivity contribution in [2.45, 2.75) is 11.4 Å². The number of fused-ring (bicyclic) bond motifs is 1. The molecule has 8 nitrogen and oxygen atoms in total. The zero-order valence-electron chi connectivity index (χ0n) is 14.3. The first-order chi connectivity index (χ1) is 12.9. The summed E-state index contributed by atoms with van der Waals surface area (Å²) in [6.07, 6.45) is 2.06. The zero-order chi connectivity index (χ0) is 19.4. The molecule has 9 heteroatoms. The van der Waals surface area contributed by atoms with Gasteiger partial charge in [-0.1, -0.05) is 18.2 Å². The van der Waals surface area contributed by atoms with Crippen LogP contribution in [0.5, 0.6) is 17.2 Å². The van der Waals surface area contributed by atoms with Crippen LogP contribution in [0.1, 0.15) is 11.1 Å². The standard InChI is InChI=1S/C18H17NO7S/c1-24-15-6-2-12(4-7-18(20)21)9-17(15)27(22,23)19-10-13-3-5-14-16(8-13)26-11-25-14/h2-9,19H,10-11H2,1H3,(H,20,21)/p-1/b7-4+. The van der Waals surface area contributed by atoms with Crippen molar-refractivity contribution in [1.82, 2.24) is 4.72 Å². The van der Waals surface area contributed by atoms with Gasteiger partial charge in [-0.2, -0.15) is 0 Å². The summed E-state index contributed by atoms with van der Waals surface area (Å²) in [6.45, 7) is 0.162. The molecule has 0 bridgehead atoms. The predicted octanol–water partition coefficient (Wildman–Crippen LogP) is 0.665. The van der Waals surface area contributed by atoms with E-state index in [-0.39, 0.29) is 24.0 Å². The molecule has 1 N–H and O–H groups in total. The van der Waals surface area contributed by atoms with E-state index in [1.165, 1.54) is 31.4 Å². The molecule has 1 aliphatic heterocycles. The minimum atomic E-state index is -3.92. The lowest BCUT2D eigenvalue weighted by Crippen LogP contribution is -2.24. The van der Waals surface area contributed by atoms with Crippen LogP contribution in [0.4, 0.5) is 0 Å². The third-order valence-corrected chi connectivity index (χ3v) is 5.21. The van der Waals surface area contributed by atoms with Gasteiger partial charge in [0.2, 0.25) is 16.8 Å². The van der Waals surface area contributed by atoms with Gasteiger partial charge < -0.3 is 24.1 Å². The lowest BCUT2D eigenvalue weighted by atomic mass is 10.2. The largest absolute Gasteiger partial charge is 0.545 e. The highest BCUT2D eigenvalue weighted by molar-refractivity contribution is 7.89. The highest BCUT2D eigenvalue weighted by Crippen LogP contribution is 2.32. The maximum Gasteiger partial charge on any atom is 0.244 e. The monoisotopic (exact) mass is 390 g/mol. The summed E-state index contributed by atoms with van der Waals surface area (Å²) < 4.78 is 43.5. The molecule has 1 aliphatic rings. The van der Waals surface area contributed by atoms with Crippen LogP contribution in [0.2, 0.25) is 0 Å². The van der Waals surface area contributed by atoms with E-state index in [0.29, 0.717) is 22.6 Å². The molecule has 2 aromatic carbocycles. The second-order valence-electron chi connectivity index (χ2n) is 5.57. The zero-order valence-corrected chi connectivity index (χ0v) is 15.1. The van der Waals surface area contributed by atoms with Gasteiger partial charge in [0.25, 0.3) is 0 Å². The summed E-state index contributed by atoms with van der Waals surface area (Å²) in [6, 6.07) is 9.44. The van der Waals surface area contributed by atoms with Crippen molar-refractivity contribution in [3.8, 4) is 17.2 Å². The SMILES string of the molecule is COc1ccc(/C=C/C(=O)[O-])cc1S(=O)(=O)NCc1ccc2c(c1)OCO2. The van der Waals surface area contributed by atoms with Crippen LogP contribution in [-0.2, 0) is 21.4 Å². The van der Waals surface area contributed by atoms with Gasteiger partial charge in [-0.15, -0.1) is 0 Å². The van der Waals surface area contributed by atoms with Gasteiger partial charge in [0.15, 0.2) is 11.5 Å². The molecule has 3 rings (SSSR count). The molecule has 142 valence electrons. The molecule has 0 saturated heterocycles. The van der Waals surface area contributed by atoms with E-state index in [4.69, 9.17) is 14.2 Å². The number of methoxy groups -OCH3 is 1. The molecule has 0 aromatic heterocycles. The van der Waals surface area contributed by atoms with Gasteiger partial charge in [0.1, 0.15) is 10.6 Å². The molecule has 0 saturated carbocycles. The first kappa shape index (κ1) is 18.7. The number of benzene rings is 2. The molecular formula is C18H16NO7S-. The quantitative estimate of drug-likeness (QED) is 0.691. The first-order valence-electron chi connectivity index (χ1n) is 7.84. The smallest absolute Gasteiger partial charge is 0.244 e. The third-order valence-electron chi connectivity index (χ3n) is 3.79. The fourth-order valence-corrected chi connectivity index (χ4v) is 3.70. The van der Waals surface area contributed by atoms with Crippen molar-refractivity contribution < 1.29 is 32.5 Å². The number of rotatable bonds is 7. The Hall–Kier alpha value is -3.04. The number of aliphatic carboxylic acids is 1. The highest BCUT2D eigenvalue weighted by atomic mass is 32.2. The van der Waals surface area contributed by atoms with E-state index in [0.717, 1.165) is 6.08 Å². The van der Waals surface area contributed by atoms with E-state index in [9.17, 15) is 18.3 Å². The molecule has 0 unspecified atom stereocenters. The second-order valence-corrected chi connectivity index (χ2v) is 7.31. The minimum Gasteiger partial charge on any atom is -0.545 e. The van der Waals surface area contributed by atoms with E-state index >= 15 is 0 Å². The lowest BCUT2D eigenvalue weighted by Gasteiger charge is -2.12. The molecule has 0 radical (unpaired) electrons. The summed E-state index contributed by atoms with van der Waals surface area (Å²) in [5.41, 5.74) is 1.07. The average molecular weight is 390 g/mol. The molecule has 0 spiro atoms. The van der Waals surface area contributed by atoms with E-state index in [2.05, 4.69) is 4.72 Å². The fourth-order valence-electron chi connectivity index (χ4n) is 2.48. The van der Waals surface area contributed by atoms with Crippen molar-refractivity contribution in [2.75, 3.05) is 13.9 Å². The number of nitrogens with one attached hydrogen (secondary N) is 1. The van der Waals surface area contributed by atoms with Crippen LogP contribution in [0.3, 0.4) is 0 Å². The number of carboxylic acid groups (broad SMARTS) is 1. The normalized spacial score (nSPS) is 13.1. The van der Waals surface area contributed by atoms with Crippen molar-refractivity contribution in [2.24, 2.45) is 0 Å². The van der Waals surface area contributed by atoms with E-state index in [1.54, 1.807) is 18.2 Å². The minimum absolute atomic E-state index is 0.0290. The number of sulfonamides is 1. The number of hydrogen-bond donors (Lipinski definition) is 1. The molecule has 0 fully saturated rings. The summed E-state index contributed by atoms with van der Waals surface area (Å²) in [5.74, 6) is -0.0793. The van der Waals surface area contributed by atoms with Crippen molar-refractivity contribution in [3.05, 3.63) is 53.6 Å². The number of carbonyl (C=O) groups excluding carboxylic acids is 1. The topological polar surface area (TPSA) is 114 Å². The van der Waals surface area contributed by atoms with Crippen LogP contribution in [0.15, 0.2) is 47.4 Å². The molecular weight excluding hydrogens is 374 g/mol. The van der Waals surface area contributed by atoms with E-state index < -0.39 is 16.0 Å². The maximum absolute atomic E-state index is 12.7. The molecule has 0 aliphatic carbocycles. The molecule has 27 heavy (non-hydrogen) atoms. The molecule has 0 atom stereocenters. The highest BCUT2D eigenvalue weighted by Gasteiger charge is 2.20. The van der Waals surface area contributed by atoms with Gasteiger partial charge in [-0.25, -0.2) is 13.1 Å². The van der Waals surface area contributed by atoms with Crippen LogP contribution in [-0.4, -0.2) is 28.3 Å². The Morgan fingerprint density at radius 1 is 1.22 bits per heavy atom. The third kappa shape index (κ3) is 4.39. The molecule has 1 heterocycles. The summed E-state index contributed by atoms with van der Waals surface area (Å²) >= 11 is 0. The Bertz CT molecular complexity index is 999. The first-order valence-corrected chi connectivity index (χ1v) is 9.32. The van der Waals surface area contributed by atoms with Crippen LogP contribution in [0, 0.1) is 0 Å². The summed E-state index contributed by atoms with van der Waals surface area (Å²) in [7, 11) is -2.57. The van der Waals surface area contributed by atoms with Crippen LogP contribution < -0.4 is 24.0 Å². The number of carboxylic acids is 1. The van der Waals surface area contributed by atoms with Gasteiger partial charge in [-0.3, -0.25) is 0 Å². The number of ether oxygens (including phenoxy) is 3. The predicted molar refractivity (Wildman–Crippen MR) is 93.6 cm³/mol. The maximum atomic E-state index is 12.7. The van der Waals surface area contributed by atoms with Crippen molar-refractivity contribution in [1.29, 1.82) is 0 Å². The Morgan fingerprint density at radius 2 is 2.00 bits per heavy atom. The second kappa shape index (κ2) is 7.68. The Kier molecular flexibility index (Phi) is 5.33. The van der Waals surface area contributed by atoms with Gasteiger partial charge >= 0.3 is 0 Å². The van der Waals surface area contributed by atoms with Gasteiger partial charge in [0, 0.05) is 6.54 Å². The Balaban J connectivity index is 1.82. The number of carbonyl (C=O) groups is 1. The van der Waals surface area contributed by atoms with Crippen LogP contribution in [0.25, 0.3) is 6.08 Å². The molecule has 2 aromatic rings. The summed E-state index contributed by atoms with van der Waals surface area (Å²) in [4.78, 5) is 10.4. The lowest BCUT2D eigenvalue weighted by molar-refractivity contribution is -0.297. The number of hydrogen-bond acceptors (Lipinski definition) is 7. The fraction of sp³-hybridized carbons (Fsp3) is 0.167. The molecule has 0 amide bonds. The van der Waals surface area contributed by atoms with Crippen molar-refractivity contribution in [3.63, 3.8) is 0 Å².